The number of hydrogen-bond acceptors (Lipinski definition) is 2. The number of hydrogen-bond donors (Lipinski definition) is 0. The van der Waals surface area contributed by atoms with Crippen LogP contribution >= 0.6 is 0 Å². The molecule has 13 heavy (non-hydrogen) atoms. The zero-order chi connectivity index (χ0) is 10.0. The molecule has 0 N–H and O–H groups in total. The third kappa shape index (κ3) is 2.96. The van der Waals surface area contributed by atoms with Crippen LogP contribution in [-0.2, 0) is 0 Å². The minimum atomic E-state index is 0.686. The van der Waals surface area contributed by atoms with Gasteiger partial charge in [-0.3, -0.25) is 4.90 Å². The molecule has 0 amide bonds. The molecule has 0 radical (unpaired) electrons. The van der Waals surface area contributed by atoms with Crippen molar-refractivity contribution in [3.63, 3.8) is 0 Å². The second-order valence-electron chi connectivity index (χ2n) is 4.97. The molecule has 1 heterocycles. The van der Waals surface area contributed by atoms with Gasteiger partial charge in [0.15, 0.2) is 0 Å². The molecule has 0 aliphatic carbocycles. The van der Waals surface area contributed by atoms with Gasteiger partial charge in [0, 0.05) is 31.7 Å². The van der Waals surface area contributed by atoms with Crippen molar-refractivity contribution in [2.24, 2.45) is 5.92 Å². The van der Waals surface area contributed by atoms with Gasteiger partial charge in [0.05, 0.1) is 0 Å². The average molecular weight is 184 g/mol. The molecule has 1 aliphatic heterocycles. The zero-order valence-corrected chi connectivity index (χ0v) is 9.75. The number of rotatable bonds is 4. The molecule has 0 bridgehead atoms. The molecule has 1 aliphatic rings. The van der Waals surface area contributed by atoms with Crippen LogP contribution in [0.3, 0.4) is 0 Å². The van der Waals surface area contributed by atoms with Gasteiger partial charge in [0.1, 0.15) is 0 Å². The summed E-state index contributed by atoms with van der Waals surface area (Å²) in [5.41, 5.74) is 0. The molecule has 0 unspecified atom stereocenters. The second kappa shape index (κ2) is 4.43. The molecule has 1 rings (SSSR count). The first-order valence-corrected chi connectivity index (χ1v) is 5.45. The molecule has 0 saturated carbocycles. The van der Waals surface area contributed by atoms with Gasteiger partial charge in [-0.1, -0.05) is 0 Å². The molecule has 0 atom stereocenters. The van der Waals surface area contributed by atoms with Gasteiger partial charge in [0.25, 0.3) is 0 Å². The van der Waals surface area contributed by atoms with Gasteiger partial charge in [0.2, 0.25) is 0 Å². The zero-order valence-electron chi connectivity index (χ0n) is 9.75. The lowest BCUT2D eigenvalue weighted by molar-refractivity contribution is 0.0627. The first-order chi connectivity index (χ1) is 6.00. The van der Waals surface area contributed by atoms with Crippen LogP contribution in [0.4, 0.5) is 0 Å². The summed E-state index contributed by atoms with van der Waals surface area (Å²) in [5.74, 6) is 0.912. The van der Waals surface area contributed by atoms with Crippen LogP contribution in [0.2, 0.25) is 0 Å². The molecule has 0 aromatic rings. The van der Waals surface area contributed by atoms with Crippen molar-refractivity contribution in [1.29, 1.82) is 0 Å². The maximum Gasteiger partial charge on any atom is 0.00414 e. The van der Waals surface area contributed by atoms with Crippen LogP contribution < -0.4 is 0 Å². The van der Waals surface area contributed by atoms with E-state index in [2.05, 4.69) is 44.5 Å². The summed E-state index contributed by atoms with van der Waals surface area (Å²) in [4.78, 5) is 4.99. The van der Waals surface area contributed by atoms with Crippen LogP contribution in [0.15, 0.2) is 0 Å². The SMILES string of the molecule is CC(C)N(CC1CN(C)C1)C(C)C. The minimum Gasteiger partial charge on any atom is -0.306 e. The molecule has 1 fully saturated rings. The lowest BCUT2D eigenvalue weighted by Crippen LogP contribution is -2.51. The Morgan fingerprint density at radius 1 is 1.15 bits per heavy atom. The fourth-order valence-corrected chi connectivity index (χ4v) is 2.26. The van der Waals surface area contributed by atoms with E-state index in [0.717, 1.165) is 5.92 Å². The van der Waals surface area contributed by atoms with Crippen LogP contribution in [0.5, 0.6) is 0 Å². The van der Waals surface area contributed by atoms with Crippen molar-refractivity contribution in [2.75, 3.05) is 26.7 Å². The van der Waals surface area contributed by atoms with Crippen LogP contribution in [0.25, 0.3) is 0 Å². The normalized spacial score (nSPS) is 20.3. The first-order valence-electron chi connectivity index (χ1n) is 5.45. The highest BCUT2D eigenvalue weighted by Gasteiger charge is 2.26. The van der Waals surface area contributed by atoms with Gasteiger partial charge >= 0.3 is 0 Å². The Kier molecular flexibility index (Phi) is 3.74. The molecular formula is C11H24N2. The summed E-state index contributed by atoms with van der Waals surface area (Å²) < 4.78 is 0. The maximum atomic E-state index is 2.59. The average Bonchev–Trinajstić information content (AvgIpc) is 1.93. The van der Waals surface area contributed by atoms with Crippen LogP contribution in [0.1, 0.15) is 27.7 Å². The van der Waals surface area contributed by atoms with Crippen molar-refractivity contribution in [1.82, 2.24) is 9.80 Å². The van der Waals surface area contributed by atoms with Gasteiger partial charge in [-0.05, 0) is 40.7 Å². The van der Waals surface area contributed by atoms with Gasteiger partial charge in [-0.15, -0.1) is 0 Å². The van der Waals surface area contributed by atoms with Crippen LogP contribution in [0, 0.1) is 5.92 Å². The van der Waals surface area contributed by atoms with Crippen molar-refractivity contribution in [2.45, 2.75) is 39.8 Å². The molecule has 1 saturated heterocycles. The Labute approximate surface area is 82.9 Å². The first kappa shape index (κ1) is 11.0. The van der Waals surface area contributed by atoms with E-state index in [4.69, 9.17) is 0 Å². The number of likely N-dealkylation sites (tertiary alicyclic amines) is 1. The topological polar surface area (TPSA) is 6.48 Å². The highest BCUT2D eigenvalue weighted by Crippen LogP contribution is 2.17. The quantitative estimate of drug-likeness (QED) is 0.656. The van der Waals surface area contributed by atoms with E-state index in [1.165, 1.54) is 19.6 Å². The van der Waals surface area contributed by atoms with Gasteiger partial charge in [-0.2, -0.15) is 0 Å². The van der Waals surface area contributed by atoms with Gasteiger partial charge in [-0.25, -0.2) is 0 Å². The molecule has 0 aromatic carbocycles. The highest BCUT2D eigenvalue weighted by atomic mass is 15.2. The highest BCUT2D eigenvalue weighted by molar-refractivity contribution is 4.81. The second-order valence-corrected chi connectivity index (χ2v) is 4.97. The smallest absolute Gasteiger partial charge is 0.00414 e. The van der Waals surface area contributed by atoms with Crippen molar-refractivity contribution in [3.05, 3.63) is 0 Å². The Bertz CT molecular complexity index is 140. The summed E-state index contributed by atoms with van der Waals surface area (Å²) in [6, 6.07) is 1.37. The van der Waals surface area contributed by atoms with E-state index >= 15 is 0 Å². The van der Waals surface area contributed by atoms with Crippen LogP contribution in [-0.4, -0.2) is 48.6 Å². The summed E-state index contributed by atoms with van der Waals surface area (Å²) >= 11 is 0. The maximum absolute atomic E-state index is 2.59. The fourth-order valence-electron chi connectivity index (χ4n) is 2.26. The lowest BCUT2D eigenvalue weighted by atomic mass is 9.99. The molecule has 0 spiro atoms. The molecule has 2 heteroatoms. The predicted octanol–water partition coefficient (Wildman–Crippen LogP) is 1.67. The van der Waals surface area contributed by atoms with Crippen molar-refractivity contribution < 1.29 is 0 Å². The van der Waals surface area contributed by atoms with Gasteiger partial charge < -0.3 is 4.90 Å². The van der Waals surface area contributed by atoms with E-state index < -0.39 is 0 Å². The lowest BCUT2D eigenvalue weighted by Gasteiger charge is -2.42. The minimum absolute atomic E-state index is 0.686. The standard InChI is InChI=1S/C11H24N2/c1-9(2)13(10(3)4)8-11-6-12(5)7-11/h9-11H,6-8H2,1-5H3. The van der Waals surface area contributed by atoms with Crippen molar-refractivity contribution >= 4 is 0 Å². The fraction of sp³-hybridized carbons (Fsp3) is 1.00. The monoisotopic (exact) mass is 184 g/mol. The Morgan fingerprint density at radius 2 is 1.62 bits per heavy atom. The Balaban J connectivity index is 2.31. The van der Waals surface area contributed by atoms with E-state index in [1.807, 2.05) is 0 Å². The Morgan fingerprint density at radius 3 is 1.92 bits per heavy atom. The summed E-state index contributed by atoms with van der Waals surface area (Å²) in [7, 11) is 2.20. The van der Waals surface area contributed by atoms with E-state index in [-0.39, 0.29) is 0 Å². The third-order valence-electron chi connectivity index (χ3n) is 2.94. The molecule has 78 valence electrons. The van der Waals surface area contributed by atoms with E-state index in [0.29, 0.717) is 12.1 Å². The predicted molar refractivity (Wildman–Crippen MR) is 58.0 cm³/mol. The summed E-state index contributed by atoms with van der Waals surface area (Å²) in [6.07, 6.45) is 0. The molecular weight excluding hydrogens is 160 g/mol. The largest absolute Gasteiger partial charge is 0.306 e. The summed E-state index contributed by atoms with van der Waals surface area (Å²) in [5, 5.41) is 0. The van der Waals surface area contributed by atoms with Crippen molar-refractivity contribution in [3.8, 4) is 0 Å². The van der Waals surface area contributed by atoms with E-state index in [9.17, 15) is 0 Å². The number of nitrogens with zero attached hydrogens (tertiary/aromatic N) is 2. The Hall–Kier alpha value is -0.0800. The third-order valence-corrected chi connectivity index (χ3v) is 2.94. The van der Waals surface area contributed by atoms with E-state index in [1.54, 1.807) is 0 Å². The molecule has 2 nitrogen and oxygen atoms in total. The summed E-state index contributed by atoms with van der Waals surface area (Å²) in [6.45, 7) is 13.0. The molecule has 0 aromatic heterocycles.